The van der Waals surface area contributed by atoms with Gasteiger partial charge < -0.3 is 20.3 Å². The van der Waals surface area contributed by atoms with Gasteiger partial charge in [0.25, 0.3) is 0 Å². The molecule has 2 fully saturated rings. The highest BCUT2D eigenvalue weighted by Crippen LogP contribution is 2.20. The molecular weight excluding hydrogens is 230 g/mol. The Labute approximate surface area is 109 Å². The number of carbonyl (C=O) groups excluding carboxylic acids is 1. The Morgan fingerprint density at radius 2 is 2.06 bits per heavy atom. The molecule has 0 aromatic carbocycles. The fraction of sp³-hybridized carbons (Fsp3) is 0.923. The fourth-order valence-corrected chi connectivity index (χ4v) is 2.72. The van der Waals surface area contributed by atoms with Crippen LogP contribution in [0.15, 0.2) is 0 Å². The van der Waals surface area contributed by atoms with E-state index in [0.717, 1.165) is 32.6 Å². The number of rotatable bonds is 2. The quantitative estimate of drug-likeness (QED) is 0.719. The van der Waals surface area contributed by atoms with Crippen LogP contribution in [0, 0.1) is 5.92 Å². The van der Waals surface area contributed by atoms with Crippen LogP contribution in [0.25, 0.3) is 0 Å². The predicted octanol–water partition coefficient (Wildman–Crippen LogP) is -0.180. The molecule has 1 amide bonds. The van der Waals surface area contributed by atoms with E-state index in [-0.39, 0.29) is 18.1 Å². The molecule has 2 aliphatic rings. The van der Waals surface area contributed by atoms with Crippen molar-refractivity contribution in [2.75, 3.05) is 33.3 Å². The summed E-state index contributed by atoms with van der Waals surface area (Å²) in [5.41, 5.74) is 0. The highest BCUT2D eigenvalue weighted by molar-refractivity contribution is 5.82. The highest BCUT2D eigenvalue weighted by atomic mass is 16.5. The second kappa shape index (κ2) is 5.99. The van der Waals surface area contributed by atoms with Crippen LogP contribution in [0.5, 0.6) is 0 Å². The average molecular weight is 255 g/mol. The van der Waals surface area contributed by atoms with E-state index in [4.69, 9.17) is 4.74 Å². The molecule has 5 nitrogen and oxygen atoms in total. The zero-order chi connectivity index (χ0) is 13.1. The third-order valence-electron chi connectivity index (χ3n) is 4.14. The van der Waals surface area contributed by atoms with Gasteiger partial charge in [0.2, 0.25) is 5.91 Å². The lowest BCUT2D eigenvalue weighted by atomic mass is 9.95. The summed E-state index contributed by atoms with van der Waals surface area (Å²) in [5, 5.41) is 6.66. The van der Waals surface area contributed by atoms with Crippen LogP contribution in [-0.4, -0.2) is 62.3 Å². The molecule has 2 rings (SSSR count). The van der Waals surface area contributed by atoms with E-state index in [9.17, 15) is 4.79 Å². The van der Waals surface area contributed by atoms with Crippen molar-refractivity contribution in [1.82, 2.24) is 15.5 Å². The van der Waals surface area contributed by atoms with Crippen molar-refractivity contribution < 1.29 is 9.53 Å². The van der Waals surface area contributed by atoms with Crippen LogP contribution >= 0.6 is 0 Å². The first-order chi connectivity index (χ1) is 8.61. The Hall–Kier alpha value is -0.650. The molecule has 2 aliphatic heterocycles. The maximum absolute atomic E-state index is 12.4. The minimum absolute atomic E-state index is 0.0767. The van der Waals surface area contributed by atoms with E-state index >= 15 is 0 Å². The Morgan fingerprint density at radius 3 is 2.67 bits per heavy atom. The van der Waals surface area contributed by atoms with Gasteiger partial charge in [-0.2, -0.15) is 0 Å². The van der Waals surface area contributed by atoms with E-state index < -0.39 is 0 Å². The Kier molecular flexibility index (Phi) is 4.59. The fourth-order valence-electron chi connectivity index (χ4n) is 2.72. The number of nitrogens with zero attached hydrogens (tertiary/aromatic N) is 1. The monoisotopic (exact) mass is 255 g/mol. The smallest absolute Gasteiger partial charge is 0.241 e. The van der Waals surface area contributed by atoms with Crippen molar-refractivity contribution >= 4 is 5.91 Å². The van der Waals surface area contributed by atoms with Gasteiger partial charge in [-0.15, -0.1) is 0 Å². The minimum Gasteiger partial charge on any atom is -0.379 e. The molecule has 0 spiro atoms. The molecule has 4 unspecified atom stereocenters. The first-order valence-corrected chi connectivity index (χ1v) is 6.90. The summed E-state index contributed by atoms with van der Waals surface area (Å²) in [7, 11) is 1.73. The molecule has 5 heteroatoms. The summed E-state index contributed by atoms with van der Waals surface area (Å²) < 4.78 is 5.46. The minimum atomic E-state index is -0.0767. The zero-order valence-electron chi connectivity index (χ0n) is 11.6. The number of carbonyl (C=O) groups is 1. The number of hydrogen-bond donors (Lipinski definition) is 2. The first-order valence-electron chi connectivity index (χ1n) is 6.90. The predicted molar refractivity (Wildman–Crippen MR) is 70.4 cm³/mol. The summed E-state index contributed by atoms with van der Waals surface area (Å²) in [4.78, 5) is 14.3. The topological polar surface area (TPSA) is 53.6 Å². The maximum Gasteiger partial charge on any atom is 0.241 e. The van der Waals surface area contributed by atoms with Crippen LogP contribution in [-0.2, 0) is 9.53 Å². The van der Waals surface area contributed by atoms with Gasteiger partial charge in [0.15, 0.2) is 0 Å². The Bertz CT molecular complexity index is 290. The van der Waals surface area contributed by atoms with Crippen molar-refractivity contribution in [2.45, 2.75) is 38.5 Å². The van der Waals surface area contributed by atoms with Crippen LogP contribution in [0.4, 0.5) is 0 Å². The van der Waals surface area contributed by atoms with Crippen molar-refractivity contribution in [2.24, 2.45) is 5.92 Å². The van der Waals surface area contributed by atoms with Gasteiger partial charge >= 0.3 is 0 Å². The van der Waals surface area contributed by atoms with E-state index in [1.165, 1.54) is 0 Å². The molecule has 4 atom stereocenters. The second-order valence-corrected chi connectivity index (χ2v) is 5.59. The largest absolute Gasteiger partial charge is 0.379 e. The van der Waals surface area contributed by atoms with Crippen molar-refractivity contribution in [1.29, 1.82) is 0 Å². The highest BCUT2D eigenvalue weighted by Gasteiger charge is 2.33. The van der Waals surface area contributed by atoms with Gasteiger partial charge in [0.05, 0.1) is 12.1 Å². The summed E-state index contributed by atoms with van der Waals surface area (Å²) in [6, 6.07) is 0.370. The van der Waals surface area contributed by atoms with E-state index in [2.05, 4.69) is 24.5 Å². The molecule has 0 aromatic heterocycles. The van der Waals surface area contributed by atoms with Crippen molar-refractivity contribution in [3.8, 4) is 0 Å². The normalized spacial score (nSPS) is 37.6. The number of ether oxygens (including phenoxy) is 1. The molecule has 0 radical (unpaired) electrons. The summed E-state index contributed by atoms with van der Waals surface area (Å²) in [6.07, 6.45) is 1.21. The van der Waals surface area contributed by atoms with Gasteiger partial charge in [-0.1, -0.05) is 6.92 Å². The van der Waals surface area contributed by atoms with Crippen LogP contribution in [0.2, 0.25) is 0 Å². The third-order valence-corrected chi connectivity index (χ3v) is 4.14. The molecule has 18 heavy (non-hydrogen) atoms. The van der Waals surface area contributed by atoms with Crippen LogP contribution in [0.1, 0.15) is 20.3 Å². The van der Waals surface area contributed by atoms with E-state index in [1.54, 1.807) is 7.11 Å². The molecule has 2 heterocycles. The van der Waals surface area contributed by atoms with Gasteiger partial charge in [0.1, 0.15) is 0 Å². The number of piperidine rings is 1. The summed E-state index contributed by atoms with van der Waals surface area (Å²) in [5.74, 6) is 0.750. The Morgan fingerprint density at radius 1 is 1.28 bits per heavy atom. The number of methoxy groups -OCH3 is 1. The SMILES string of the molecule is COC1CN(C(=O)C2CNC(C)CN2)CCC1C. The van der Waals surface area contributed by atoms with Gasteiger partial charge in [-0.05, 0) is 19.3 Å². The molecule has 2 saturated heterocycles. The Balaban J connectivity index is 1.89. The number of hydrogen-bond acceptors (Lipinski definition) is 4. The standard InChI is InChI=1S/C13H25N3O2/c1-9-4-5-16(8-12(9)18-3)13(17)11-7-14-10(2)6-15-11/h9-12,14-15H,4-8H2,1-3H3. The van der Waals surface area contributed by atoms with E-state index in [0.29, 0.717) is 12.0 Å². The first kappa shape index (κ1) is 13.8. The molecule has 104 valence electrons. The average Bonchev–Trinajstić information content (AvgIpc) is 2.39. The summed E-state index contributed by atoms with van der Waals surface area (Å²) in [6.45, 7) is 7.48. The number of likely N-dealkylation sites (tertiary alicyclic amines) is 1. The molecular formula is C13H25N3O2. The van der Waals surface area contributed by atoms with Gasteiger partial charge in [-0.3, -0.25) is 4.79 Å². The van der Waals surface area contributed by atoms with Crippen molar-refractivity contribution in [3.05, 3.63) is 0 Å². The lowest BCUT2D eigenvalue weighted by Gasteiger charge is -2.39. The van der Waals surface area contributed by atoms with Crippen molar-refractivity contribution in [3.63, 3.8) is 0 Å². The van der Waals surface area contributed by atoms with Crippen LogP contribution in [0.3, 0.4) is 0 Å². The third kappa shape index (κ3) is 3.02. The lowest BCUT2D eigenvalue weighted by molar-refractivity contribution is -0.138. The van der Waals surface area contributed by atoms with Gasteiger partial charge in [-0.25, -0.2) is 0 Å². The lowest BCUT2D eigenvalue weighted by Crippen LogP contribution is -2.61. The number of amides is 1. The molecule has 2 N–H and O–H groups in total. The molecule has 0 aliphatic carbocycles. The summed E-state index contributed by atoms with van der Waals surface area (Å²) >= 11 is 0. The second-order valence-electron chi connectivity index (χ2n) is 5.59. The molecule has 0 saturated carbocycles. The molecule has 0 bridgehead atoms. The molecule has 0 aromatic rings. The van der Waals surface area contributed by atoms with E-state index in [1.807, 2.05) is 4.90 Å². The zero-order valence-corrected chi connectivity index (χ0v) is 11.6. The number of nitrogens with one attached hydrogen (secondary N) is 2. The van der Waals surface area contributed by atoms with Crippen LogP contribution < -0.4 is 10.6 Å². The van der Waals surface area contributed by atoms with Gasteiger partial charge in [0, 0.05) is 39.3 Å². The number of piperazine rings is 1. The maximum atomic E-state index is 12.4.